The molecule has 0 spiro atoms. The summed E-state index contributed by atoms with van der Waals surface area (Å²) in [6, 6.07) is 0. The molecule has 0 amide bonds. The van der Waals surface area contributed by atoms with Gasteiger partial charge in [-0.05, 0) is 0 Å². The third-order valence-electron chi connectivity index (χ3n) is 0.839. The third kappa shape index (κ3) is 2.08. The molecule has 10 heavy (non-hydrogen) atoms. The van der Waals surface area contributed by atoms with Gasteiger partial charge in [0.1, 0.15) is 0 Å². The van der Waals surface area contributed by atoms with Gasteiger partial charge in [0, 0.05) is 22.4 Å². The topological polar surface area (TPSA) is 38.7 Å². The zero-order chi connectivity index (χ0) is 6.85. The molecule has 1 rings (SSSR count). The second-order valence-corrected chi connectivity index (χ2v) is 2.02. The van der Waals surface area contributed by atoms with E-state index in [-0.39, 0.29) is 28.3 Å². The first kappa shape index (κ1) is 10.1. The number of carbonyl (C=O) groups is 1. The van der Waals surface area contributed by atoms with Crippen LogP contribution < -0.4 is 0 Å². The van der Waals surface area contributed by atoms with E-state index < -0.39 is 0 Å². The summed E-state index contributed by atoms with van der Waals surface area (Å²) in [5.74, 6) is 0.0211. The number of cyclic esters (lactones) is 1. The normalized spacial score (nSPS) is 19.9. The quantitative estimate of drug-likeness (QED) is 0.333. The van der Waals surface area contributed by atoms with Crippen LogP contribution in [0.15, 0.2) is 15.7 Å². The molecule has 0 unspecified atom stereocenters. The number of ether oxygens (including phenoxy) is 1. The minimum atomic E-state index is -0.383. The summed E-state index contributed by atoms with van der Waals surface area (Å²) in [4.78, 5) is 15.9. The molecule has 1 aliphatic heterocycles. The molecule has 58 valence electrons. The second-order valence-electron chi connectivity index (χ2n) is 1.52. The summed E-state index contributed by atoms with van der Waals surface area (Å²) in [5, 5.41) is 0. The largest absolute Gasteiger partial charge is 0 e. The van der Waals surface area contributed by atoms with Gasteiger partial charge in [0.2, 0.25) is 0 Å². The Labute approximate surface area is 82.2 Å². The van der Waals surface area contributed by atoms with Crippen LogP contribution in [0.3, 0.4) is 0 Å². The first-order valence-electron chi connectivity index (χ1n) is 2.33. The van der Waals surface area contributed by atoms with Crippen LogP contribution in [0.5, 0.6) is 0 Å². The Balaban J connectivity index is 0.000000810. The summed E-state index contributed by atoms with van der Waals surface area (Å²) >= 11 is 2.57. The molecular formula is C5H4AuNO2Se. The van der Waals surface area contributed by atoms with E-state index in [0.717, 1.165) is 0 Å². The predicted octanol–water partition coefficient (Wildman–Crippen LogP) is -0.0310. The van der Waals surface area contributed by atoms with E-state index in [1.165, 1.54) is 4.97 Å². The first-order chi connectivity index (χ1) is 4.24. The summed E-state index contributed by atoms with van der Waals surface area (Å²) in [6.45, 7) is 1.63. The minimum Gasteiger partial charge on any atom is 0 e. The average Bonchev–Trinajstić information content (AvgIpc) is 2.10. The molecule has 0 bridgehead atoms. The summed E-state index contributed by atoms with van der Waals surface area (Å²) < 4.78 is 4.59. The molecule has 0 saturated carbocycles. The van der Waals surface area contributed by atoms with Crippen molar-refractivity contribution in [1.82, 2.24) is 0 Å². The molecule has 2 radical (unpaired) electrons. The SMILES string of the molecule is CC1=N/C(=C/[Se])C(=O)O1.[Au]. The van der Waals surface area contributed by atoms with Crippen molar-refractivity contribution in [3.05, 3.63) is 10.7 Å². The van der Waals surface area contributed by atoms with E-state index in [1.807, 2.05) is 0 Å². The molecule has 0 aromatic carbocycles. The van der Waals surface area contributed by atoms with E-state index in [0.29, 0.717) is 11.6 Å². The molecule has 0 fully saturated rings. The van der Waals surface area contributed by atoms with Gasteiger partial charge in [-0.25, -0.2) is 0 Å². The van der Waals surface area contributed by atoms with Gasteiger partial charge in [0.25, 0.3) is 0 Å². The van der Waals surface area contributed by atoms with Crippen LogP contribution in [-0.2, 0) is 31.9 Å². The van der Waals surface area contributed by atoms with Crippen LogP contribution >= 0.6 is 0 Å². The van der Waals surface area contributed by atoms with Gasteiger partial charge in [0.05, 0.1) is 0 Å². The zero-order valence-corrected chi connectivity index (χ0v) is 8.93. The van der Waals surface area contributed by atoms with Crippen LogP contribution in [0, 0.1) is 0 Å². The molecule has 0 aliphatic carbocycles. The number of aliphatic imine (C=N–C) groups is 1. The van der Waals surface area contributed by atoms with Gasteiger partial charge >= 0.3 is 60.0 Å². The molecule has 1 aliphatic rings. The Bertz CT molecular complexity index is 212. The van der Waals surface area contributed by atoms with Crippen molar-refractivity contribution < 1.29 is 31.9 Å². The summed E-state index contributed by atoms with van der Waals surface area (Å²) in [6.07, 6.45) is 0. The van der Waals surface area contributed by atoms with Crippen molar-refractivity contribution in [3.8, 4) is 0 Å². The molecule has 1 heterocycles. The maximum Gasteiger partial charge on any atom is 0 e. The van der Waals surface area contributed by atoms with E-state index in [1.54, 1.807) is 6.92 Å². The molecule has 0 saturated heterocycles. The van der Waals surface area contributed by atoms with Crippen molar-refractivity contribution in [2.24, 2.45) is 4.99 Å². The molecule has 0 N–H and O–H groups in total. The van der Waals surface area contributed by atoms with Crippen LogP contribution in [0.1, 0.15) is 6.92 Å². The van der Waals surface area contributed by atoms with Gasteiger partial charge in [-0.1, -0.05) is 0 Å². The fourth-order valence-corrected chi connectivity index (χ4v) is 0.811. The molecule has 3 nitrogen and oxygen atoms in total. The van der Waals surface area contributed by atoms with Gasteiger partial charge in [0.15, 0.2) is 0 Å². The monoisotopic (exact) mass is 387 g/mol. The number of rotatable bonds is 0. The second kappa shape index (κ2) is 4.11. The van der Waals surface area contributed by atoms with Crippen LogP contribution in [-0.4, -0.2) is 27.9 Å². The fraction of sp³-hybridized carbons (Fsp3) is 0.200. The van der Waals surface area contributed by atoms with Crippen molar-refractivity contribution in [1.29, 1.82) is 0 Å². The van der Waals surface area contributed by atoms with Crippen LogP contribution in [0.25, 0.3) is 0 Å². The molecule has 0 aromatic rings. The van der Waals surface area contributed by atoms with Gasteiger partial charge < -0.3 is 0 Å². The molecule has 0 atom stereocenters. The van der Waals surface area contributed by atoms with Gasteiger partial charge in [-0.15, -0.1) is 0 Å². The Morgan fingerprint density at radius 3 is 2.50 bits per heavy atom. The van der Waals surface area contributed by atoms with Gasteiger partial charge in [-0.2, -0.15) is 0 Å². The van der Waals surface area contributed by atoms with E-state index in [4.69, 9.17) is 0 Å². The number of carbonyl (C=O) groups excluding carboxylic acids is 1. The third-order valence-corrected chi connectivity index (χ3v) is 1.31. The van der Waals surface area contributed by atoms with E-state index in [2.05, 4.69) is 25.7 Å². The summed E-state index contributed by atoms with van der Waals surface area (Å²) in [7, 11) is 0. The smallest absolute Gasteiger partial charge is 0 e. The van der Waals surface area contributed by atoms with Gasteiger partial charge in [-0.3, -0.25) is 0 Å². The summed E-state index contributed by atoms with van der Waals surface area (Å²) in [5.41, 5.74) is 0.340. The van der Waals surface area contributed by atoms with Crippen LogP contribution in [0.2, 0.25) is 0 Å². The molecule has 5 heteroatoms. The van der Waals surface area contributed by atoms with Crippen molar-refractivity contribution in [2.75, 3.05) is 0 Å². The van der Waals surface area contributed by atoms with Crippen molar-refractivity contribution in [3.63, 3.8) is 0 Å². The Morgan fingerprint density at radius 2 is 2.30 bits per heavy atom. The zero-order valence-electron chi connectivity index (χ0n) is 5.05. The van der Waals surface area contributed by atoms with E-state index >= 15 is 0 Å². The van der Waals surface area contributed by atoms with E-state index in [9.17, 15) is 4.79 Å². The minimum absolute atomic E-state index is 0. The number of hydrogen-bond donors (Lipinski definition) is 0. The standard InChI is InChI=1S/C5H4NO2Se.Au/c1-3-6-4(2-9)5(7)8-3;/h2H,1H3;/b4-2+;. The number of hydrogen-bond acceptors (Lipinski definition) is 3. The Morgan fingerprint density at radius 1 is 1.70 bits per heavy atom. The molecular weight excluding hydrogens is 382 g/mol. The Hall–Kier alpha value is 0.140. The average molecular weight is 386 g/mol. The maximum absolute atomic E-state index is 10.6. The van der Waals surface area contributed by atoms with Crippen LogP contribution in [0.4, 0.5) is 0 Å². The maximum atomic E-state index is 10.6. The molecule has 0 aromatic heterocycles. The first-order valence-corrected chi connectivity index (χ1v) is 3.32. The predicted molar refractivity (Wildman–Crippen MR) is 33.0 cm³/mol. The fourth-order valence-electron chi connectivity index (χ4n) is 0.499. The van der Waals surface area contributed by atoms with Crippen molar-refractivity contribution in [2.45, 2.75) is 6.92 Å². The van der Waals surface area contributed by atoms with Crippen molar-refractivity contribution >= 4 is 27.9 Å². The Kier molecular flexibility index (Phi) is 4.17. The number of esters is 1. The number of nitrogens with zero attached hydrogens (tertiary/aromatic N) is 1.